The second kappa shape index (κ2) is 39.7. The van der Waals surface area contributed by atoms with E-state index in [0.29, 0.717) is 18.9 Å². The van der Waals surface area contributed by atoms with Crippen LogP contribution in [0.3, 0.4) is 0 Å². The quantitative estimate of drug-likeness (QED) is 0.0517. The summed E-state index contributed by atoms with van der Waals surface area (Å²) in [6.07, 6.45) is 32.5. The molecule has 6 nitrogen and oxygen atoms in total. The van der Waals surface area contributed by atoms with E-state index in [1.54, 1.807) is 0 Å². The van der Waals surface area contributed by atoms with E-state index < -0.39 is 0 Å². The third kappa shape index (κ3) is 36.4. The lowest BCUT2D eigenvalue weighted by atomic mass is 10.0. The van der Waals surface area contributed by atoms with Gasteiger partial charge >= 0.3 is 5.97 Å². The molecule has 1 N–H and O–H groups in total. The van der Waals surface area contributed by atoms with Crippen molar-refractivity contribution in [3.63, 3.8) is 0 Å². The Kier molecular flexibility index (Phi) is 39.2. The molecule has 0 aliphatic rings. The molecular formula is C41H83NO5. The van der Waals surface area contributed by atoms with Crippen molar-refractivity contribution in [3.8, 4) is 0 Å². The van der Waals surface area contributed by atoms with Crippen molar-refractivity contribution in [1.29, 1.82) is 0 Å². The number of hydrogen-bond donors (Lipinski definition) is 1. The number of aliphatic hydroxyl groups excluding tert-OH is 1. The number of ether oxygens (including phenoxy) is 3. The first-order valence-corrected chi connectivity index (χ1v) is 20.8. The predicted molar refractivity (Wildman–Crippen MR) is 201 cm³/mol. The maximum Gasteiger partial charge on any atom is 0.305 e. The molecule has 0 unspecified atom stereocenters. The van der Waals surface area contributed by atoms with Crippen LogP contribution in [0.15, 0.2) is 0 Å². The number of hydrogen-bond acceptors (Lipinski definition) is 6. The molecule has 47 heavy (non-hydrogen) atoms. The van der Waals surface area contributed by atoms with Gasteiger partial charge in [-0.1, -0.05) is 143 Å². The molecule has 0 amide bonds. The number of aliphatic hydroxyl groups is 1. The highest BCUT2D eigenvalue weighted by Crippen LogP contribution is 2.15. The molecule has 0 aliphatic carbocycles. The SMILES string of the molecule is CCCCCCCCCOC(=O)CCCCCCCN(CCO)CCCCCCCC(COCCCCCC)COCCCCCC. The Morgan fingerprint density at radius 1 is 0.511 bits per heavy atom. The fraction of sp³-hybridized carbons (Fsp3) is 0.976. The van der Waals surface area contributed by atoms with Crippen LogP contribution in [0.4, 0.5) is 0 Å². The molecule has 0 aliphatic heterocycles. The third-order valence-corrected chi connectivity index (χ3v) is 9.36. The first kappa shape index (κ1) is 46.3. The number of esters is 1. The molecule has 6 heteroatoms. The van der Waals surface area contributed by atoms with Gasteiger partial charge in [0.15, 0.2) is 0 Å². The van der Waals surface area contributed by atoms with Crippen LogP contribution in [-0.4, -0.2) is 75.3 Å². The Bertz CT molecular complexity index is 588. The second-order valence-corrected chi connectivity index (χ2v) is 14.1. The van der Waals surface area contributed by atoms with Gasteiger partial charge in [-0.05, 0) is 58.0 Å². The molecule has 0 atom stereocenters. The molecule has 0 spiro atoms. The van der Waals surface area contributed by atoms with Gasteiger partial charge in [0, 0.05) is 32.1 Å². The summed E-state index contributed by atoms with van der Waals surface area (Å²) in [5.74, 6) is 0.509. The van der Waals surface area contributed by atoms with Crippen LogP contribution in [-0.2, 0) is 19.0 Å². The lowest BCUT2D eigenvalue weighted by molar-refractivity contribution is -0.143. The first-order chi connectivity index (χ1) is 23.2. The molecule has 0 bridgehead atoms. The van der Waals surface area contributed by atoms with E-state index in [1.807, 2.05) is 0 Å². The van der Waals surface area contributed by atoms with Crippen LogP contribution in [0.2, 0.25) is 0 Å². The second-order valence-electron chi connectivity index (χ2n) is 14.1. The molecule has 0 rings (SSSR count). The van der Waals surface area contributed by atoms with E-state index in [2.05, 4.69) is 25.7 Å². The van der Waals surface area contributed by atoms with Crippen LogP contribution in [0, 0.1) is 5.92 Å². The molecule has 0 heterocycles. The zero-order chi connectivity index (χ0) is 34.3. The summed E-state index contributed by atoms with van der Waals surface area (Å²) in [6, 6.07) is 0. The largest absolute Gasteiger partial charge is 0.466 e. The number of carbonyl (C=O) groups is 1. The highest BCUT2D eigenvalue weighted by atomic mass is 16.5. The van der Waals surface area contributed by atoms with Gasteiger partial charge in [-0.2, -0.15) is 0 Å². The minimum atomic E-state index is -0.0192. The van der Waals surface area contributed by atoms with Gasteiger partial charge in [0.25, 0.3) is 0 Å². The van der Waals surface area contributed by atoms with E-state index >= 15 is 0 Å². The summed E-state index contributed by atoms with van der Waals surface area (Å²) in [6.45, 7) is 14.0. The van der Waals surface area contributed by atoms with Crippen LogP contribution in [0.25, 0.3) is 0 Å². The number of rotatable bonds is 40. The van der Waals surface area contributed by atoms with Crippen LogP contribution >= 0.6 is 0 Å². The fourth-order valence-corrected chi connectivity index (χ4v) is 6.20. The van der Waals surface area contributed by atoms with Gasteiger partial charge in [-0.15, -0.1) is 0 Å². The van der Waals surface area contributed by atoms with E-state index in [4.69, 9.17) is 14.2 Å². The molecular weight excluding hydrogens is 586 g/mol. The van der Waals surface area contributed by atoms with Gasteiger partial charge in [0.05, 0.1) is 26.4 Å². The zero-order valence-electron chi connectivity index (χ0n) is 32.1. The van der Waals surface area contributed by atoms with Crippen molar-refractivity contribution < 1.29 is 24.1 Å². The van der Waals surface area contributed by atoms with Crippen LogP contribution in [0.5, 0.6) is 0 Å². The Morgan fingerprint density at radius 3 is 1.47 bits per heavy atom. The highest BCUT2D eigenvalue weighted by molar-refractivity contribution is 5.69. The molecule has 0 saturated heterocycles. The van der Waals surface area contributed by atoms with Crippen LogP contribution < -0.4 is 0 Å². The number of nitrogens with zero attached hydrogens (tertiary/aromatic N) is 1. The van der Waals surface area contributed by atoms with E-state index in [-0.39, 0.29) is 12.6 Å². The third-order valence-electron chi connectivity index (χ3n) is 9.36. The Labute approximate surface area is 293 Å². The fourth-order valence-electron chi connectivity index (χ4n) is 6.20. The summed E-state index contributed by atoms with van der Waals surface area (Å²) < 4.78 is 17.5. The Hall–Kier alpha value is -0.690. The summed E-state index contributed by atoms with van der Waals surface area (Å²) >= 11 is 0. The normalized spacial score (nSPS) is 11.7. The van der Waals surface area contributed by atoms with Crippen molar-refractivity contribution in [2.75, 3.05) is 59.3 Å². The van der Waals surface area contributed by atoms with Crippen molar-refractivity contribution in [2.24, 2.45) is 5.92 Å². The molecule has 0 aromatic carbocycles. The van der Waals surface area contributed by atoms with Gasteiger partial charge in [-0.25, -0.2) is 0 Å². The Morgan fingerprint density at radius 2 is 0.936 bits per heavy atom. The zero-order valence-corrected chi connectivity index (χ0v) is 32.1. The summed E-state index contributed by atoms with van der Waals surface area (Å²) in [4.78, 5) is 14.4. The van der Waals surface area contributed by atoms with E-state index in [9.17, 15) is 9.90 Å². The summed E-state index contributed by atoms with van der Waals surface area (Å²) in [5, 5.41) is 9.55. The van der Waals surface area contributed by atoms with Crippen molar-refractivity contribution in [2.45, 2.75) is 194 Å². The van der Waals surface area contributed by atoms with E-state index in [0.717, 1.165) is 65.3 Å². The minimum absolute atomic E-state index is 0.0192. The lowest BCUT2D eigenvalue weighted by Crippen LogP contribution is -2.29. The summed E-state index contributed by atoms with van der Waals surface area (Å²) in [5.41, 5.74) is 0. The predicted octanol–water partition coefficient (Wildman–Crippen LogP) is 11.1. The van der Waals surface area contributed by atoms with Gasteiger partial charge in [-0.3, -0.25) is 4.79 Å². The number of carbonyl (C=O) groups excluding carboxylic acids is 1. The Balaban J connectivity index is 3.88. The minimum Gasteiger partial charge on any atom is -0.466 e. The standard InChI is InChI=1S/C41H83NO5/c1-4-7-10-13-14-21-28-37-47-41(44)30-23-18-16-20-25-32-42(33-34-43)31-24-19-15-17-22-29-40(38-45-35-26-11-8-5-2)39-46-36-27-12-9-6-3/h40,43H,4-39H2,1-3H3. The molecule has 0 fully saturated rings. The maximum atomic E-state index is 12.0. The highest BCUT2D eigenvalue weighted by Gasteiger charge is 2.10. The van der Waals surface area contributed by atoms with Crippen molar-refractivity contribution in [1.82, 2.24) is 4.90 Å². The van der Waals surface area contributed by atoms with Crippen molar-refractivity contribution in [3.05, 3.63) is 0 Å². The van der Waals surface area contributed by atoms with Crippen molar-refractivity contribution >= 4 is 5.97 Å². The van der Waals surface area contributed by atoms with Gasteiger partial charge in [0.2, 0.25) is 0 Å². The smallest absolute Gasteiger partial charge is 0.305 e. The molecule has 282 valence electrons. The average molecular weight is 670 g/mol. The van der Waals surface area contributed by atoms with Crippen LogP contribution in [0.1, 0.15) is 194 Å². The number of unbranched alkanes of at least 4 members (excludes halogenated alkanes) is 20. The molecule has 0 radical (unpaired) electrons. The topological polar surface area (TPSA) is 68.2 Å². The first-order valence-electron chi connectivity index (χ1n) is 20.8. The average Bonchev–Trinajstić information content (AvgIpc) is 3.07. The van der Waals surface area contributed by atoms with E-state index in [1.165, 1.54) is 148 Å². The van der Waals surface area contributed by atoms with Gasteiger partial charge < -0.3 is 24.2 Å². The summed E-state index contributed by atoms with van der Waals surface area (Å²) in [7, 11) is 0. The maximum absolute atomic E-state index is 12.0. The lowest BCUT2D eigenvalue weighted by Gasteiger charge is -2.21. The van der Waals surface area contributed by atoms with Gasteiger partial charge in [0.1, 0.15) is 0 Å². The monoisotopic (exact) mass is 670 g/mol. The molecule has 0 saturated carbocycles. The molecule has 0 aromatic rings. The molecule has 0 aromatic heterocycles.